The Bertz CT molecular complexity index is 198. The van der Waals surface area contributed by atoms with Gasteiger partial charge >= 0.3 is 0 Å². The third kappa shape index (κ3) is 2.71. The van der Waals surface area contributed by atoms with Crippen LogP contribution in [0.25, 0.3) is 0 Å². The van der Waals surface area contributed by atoms with E-state index in [0.29, 0.717) is 0 Å². The maximum Gasteiger partial charge on any atom is 0.0547 e. The summed E-state index contributed by atoms with van der Waals surface area (Å²) in [5, 5.41) is 0. The summed E-state index contributed by atoms with van der Waals surface area (Å²) in [6, 6.07) is 0. The third-order valence-corrected chi connectivity index (χ3v) is 4.02. The first-order valence-electron chi connectivity index (χ1n) is 6.20. The molecule has 2 aliphatic rings. The van der Waals surface area contributed by atoms with Crippen molar-refractivity contribution in [2.45, 2.75) is 25.7 Å². The van der Waals surface area contributed by atoms with Crippen molar-refractivity contribution >= 4 is 0 Å². The van der Waals surface area contributed by atoms with Gasteiger partial charge in [-0.2, -0.15) is 0 Å². The van der Waals surface area contributed by atoms with Gasteiger partial charge in [-0.25, -0.2) is 0 Å². The summed E-state index contributed by atoms with van der Waals surface area (Å²) in [7, 11) is 2.23. The van der Waals surface area contributed by atoms with Crippen molar-refractivity contribution < 1.29 is 4.74 Å². The summed E-state index contributed by atoms with van der Waals surface area (Å²) in [5.41, 5.74) is 6.14. The zero-order chi connectivity index (χ0) is 10.7. The zero-order valence-electron chi connectivity index (χ0n) is 9.87. The van der Waals surface area contributed by atoms with Crippen LogP contribution in [-0.4, -0.2) is 44.8 Å². The van der Waals surface area contributed by atoms with Crippen LogP contribution in [0.4, 0.5) is 0 Å². The minimum Gasteiger partial charge on any atom is -0.381 e. The van der Waals surface area contributed by atoms with Crippen LogP contribution in [0.15, 0.2) is 0 Å². The lowest BCUT2D eigenvalue weighted by Crippen LogP contribution is -2.43. The van der Waals surface area contributed by atoms with E-state index in [2.05, 4.69) is 11.9 Å². The summed E-state index contributed by atoms with van der Waals surface area (Å²) < 4.78 is 5.49. The van der Waals surface area contributed by atoms with Gasteiger partial charge in [-0.3, -0.25) is 0 Å². The Morgan fingerprint density at radius 2 is 2.27 bits per heavy atom. The smallest absolute Gasteiger partial charge is 0.0547 e. The summed E-state index contributed by atoms with van der Waals surface area (Å²) in [6.45, 7) is 4.89. The van der Waals surface area contributed by atoms with Crippen LogP contribution < -0.4 is 5.73 Å². The molecule has 1 heterocycles. The molecule has 1 aliphatic carbocycles. The van der Waals surface area contributed by atoms with Crippen molar-refractivity contribution in [2.24, 2.45) is 17.1 Å². The molecule has 0 bridgehead atoms. The SMILES string of the molecule is CN(CC1CCC1)CC1(CN)CCOC1. The average Bonchev–Trinajstić information content (AvgIpc) is 2.61. The summed E-state index contributed by atoms with van der Waals surface area (Å²) >= 11 is 0. The van der Waals surface area contributed by atoms with Gasteiger partial charge in [-0.1, -0.05) is 6.42 Å². The lowest BCUT2D eigenvalue weighted by atomic mass is 9.83. The normalized spacial score (nSPS) is 32.2. The molecule has 2 N–H and O–H groups in total. The van der Waals surface area contributed by atoms with Crippen molar-refractivity contribution in [3.8, 4) is 0 Å². The highest BCUT2D eigenvalue weighted by atomic mass is 16.5. The standard InChI is InChI=1S/C12H24N2O/c1-14(7-11-3-2-4-11)9-12(8-13)5-6-15-10-12/h11H,2-10,13H2,1H3. The number of rotatable bonds is 5. The predicted octanol–water partition coefficient (Wildman–Crippen LogP) is 1.08. The van der Waals surface area contributed by atoms with Crippen LogP contribution in [0.3, 0.4) is 0 Å². The molecule has 2 fully saturated rings. The van der Waals surface area contributed by atoms with Crippen molar-refractivity contribution in [2.75, 3.05) is 39.9 Å². The molecule has 3 heteroatoms. The van der Waals surface area contributed by atoms with E-state index in [9.17, 15) is 0 Å². The molecular weight excluding hydrogens is 188 g/mol. The molecule has 3 nitrogen and oxygen atoms in total. The molecule has 88 valence electrons. The van der Waals surface area contributed by atoms with E-state index >= 15 is 0 Å². The fourth-order valence-corrected chi connectivity index (χ4v) is 2.75. The van der Waals surface area contributed by atoms with Gasteiger partial charge in [0, 0.05) is 31.7 Å². The van der Waals surface area contributed by atoms with Crippen LogP contribution in [0.2, 0.25) is 0 Å². The summed E-state index contributed by atoms with van der Waals surface area (Å²) in [5.74, 6) is 0.951. The Hall–Kier alpha value is -0.120. The maximum atomic E-state index is 5.89. The first-order valence-corrected chi connectivity index (χ1v) is 6.20. The number of ether oxygens (including phenoxy) is 1. The van der Waals surface area contributed by atoms with Gasteiger partial charge in [0.15, 0.2) is 0 Å². The number of nitrogens with two attached hydrogens (primary N) is 1. The Morgan fingerprint density at radius 3 is 2.73 bits per heavy atom. The van der Waals surface area contributed by atoms with Gasteiger partial charge in [0.1, 0.15) is 0 Å². The van der Waals surface area contributed by atoms with Crippen LogP contribution in [-0.2, 0) is 4.74 Å². The second-order valence-corrected chi connectivity index (χ2v) is 5.50. The molecule has 1 unspecified atom stereocenters. The minimum atomic E-state index is 0.249. The van der Waals surface area contributed by atoms with Crippen LogP contribution >= 0.6 is 0 Å². The fraction of sp³-hybridized carbons (Fsp3) is 1.00. The van der Waals surface area contributed by atoms with E-state index in [1.165, 1.54) is 25.8 Å². The topological polar surface area (TPSA) is 38.5 Å². The zero-order valence-corrected chi connectivity index (χ0v) is 9.87. The minimum absolute atomic E-state index is 0.249. The molecule has 15 heavy (non-hydrogen) atoms. The Kier molecular flexibility index (Phi) is 3.65. The molecule has 0 aromatic heterocycles. The van der Waals surface area contributed by atoms with Crippen molar-refractivity contribution in [1.82, 2.24) is 4.90 Å². The average molecular weight is 212 g/mol. The molecular formula is C12H24N2O. The molecule has 1 saturated carbocycles. The van der Waals surface area contributed by atoms with Gasteiger partial charge in [-0.15, -0.1) is 0 Å². The van der Waals surface area contributed by atoms with Gasteiger partial charge in [0.05, 0.1) is 6.61 Å². The summed E-state index contributed by atoms with van der Waals surface area (Å²) in [4.78, 5) is 2.46. The highest BCUT2D eigenvalue weighted by Gasteiger charge is 2.35. The third-order valence-electron chi connectivity index (χ3n) is 4.02. The monoisotopic (exact) mass is 212 g/mol. The van der Waals surface area contributed by atoms with Crippen molar-refractivity contribution in [3.05, 3.63) is 0 Å². The molecule has 2 rings (SSSR count). The van der Waals surface area contributed by atoms with E-state index in [1.807, 2.05) is 0 Å². The largest absolute Gasteiger partial charge is 0.381 e. The van der Waals surface area contributed by atoms with Gasteiger partial charge in [-0.05, 0) is 32.2 Å². The molecule has 1 atom stereocenters. The molecule has 0 aromatic carbocycles. The molecule has 0 amide bonds. The van der Waals surface area contributed by atoms with Crippen LogP contribution in [0.1, 0.15) is 25.7 Å². The lowest BCUT2D eigenvalue weighted by molar-refractivity contribution is 0.109. The Labute approximate surface area is 93.0 Å². The van der Waals surface area contributed by atoms with E-state index in [0.717, 1.165) is 38.6 Å². The number of nitrogens with zero attached hydrogens (tertiary/aromatic N) is 1. The maximum absolute atomic E-state index is 5.89. The fourth-order valence-electron chi connectivity index (χ4n) is 2.75. The van der Waals surface area contributed by atoms with Crippen molar-refractivity contribution in [1.29, 1.82) is 0 Å². The lowest BCUT2D eigenvalue weighted by Gasteiger charge is -2.35. The Morgan fingerprint density at radius 1 is 1.47 bits per heavy atom. The second-order valence-electron chi connectivity index (χ2n) is 5.50. The molecule has 0 aromatic rings. The first kappa shape index (κ1) is 11.4. The molecule has 0 spiro atoms. The number of hydrogen-bond acceptors (Lipinski definition) is 3. The number of hydrogen-bond donors (Lipinski definition) is 1. The van der Waals surface area contributed by atoms with E-state index in [1.54, 1.807) is 0 Å². The van der Waals surface area contributed by atoms with Gasteiger partial charge < -0.3 is 15.4 Å². The van der Waals surface area contributed by atoms with E-state index < -0.39 is 0 Å². The molecule has 0 radical (unpaired) electrons. The van der Waals surface area contributed by atoms with Gasteiger partial charge in [0.25, 0.3) is 0 Å². The predicted molar refractivity (Wildman–Crippen MR) is 61.8 cm³/mol. The summed E-state index contributed by atoms with van der Waals surface area (Å²) in [6.07, 6.45) is 5.43. The quantitative estimate of drug-likeness (QED) is 0.741. The van der Waals surface area contributed by atoms with E-state index in [4.69, 9.17) is 10.5 Å². The highest BCUT2D eigenvalue weighted by molar-refractivity contribution is 4.87. The Balaban J connectivity index is 1.77. The van der Waals surface area contributed by atoms with Crippen LogP contribution in [0, 0.1) is 11.3 Å². The molecule has 1 saturated heterocycles. The van der Waals surface area contributed by atoms with Gasteiger partial charge in [0.2, 0.25) is 0 Å². The van der Waals surface area contributed by atoms with Crippen molar-refractivity contribution in [3.63, 3.8) is 0 Å². The highest BCUT2D eigenvalue weighted by Crippen LogP contribution is 2.31. The molecule has 1 aliphatic heterocycles. The van der Waals surface area contributed by atoms with E-state index in [-0.39, 0.29) is 5.41 Å². The second kappa shape index (κ2) is 4.81. The van der Waals surface area contributed by atoms with Crippen LogP contribution in [0.5, 0.6) is 0 Å². The first-order chi connectivity index (χ1) is 7.24.